The first-order valence-corrected chi connectivity index (χ1v) is 9.14. The largest absolute Gasteiger partial charge is 0.198 e. The lowest BCUT2D eigenvalue weighted by atomic mass is 9.63. The van der Waals surface area contributed by atoms with Crippen LogP contribution in [0.5, 0.6) is 0 Å². The Hall–Kier alpha value is -0.510. The van der Waals surface area contributed by atoms with Gasteiger partial charge < -0.3 is 0 Å². The molecule has 0 aromatic rings. The molecule has 20 heavy (non-hydrogen) atoms. The van der Waals surface area contributed by atoms with E-state index < -0.39 is 0 Å². The van der Waals surface area contributed by atoms with Gasteiger partial charge in [0.1, 0.15) is 0 Å². The molecule has 2 aliphatic carbocycles. The molecule has 2 saturated carbocycles. The zero-order valence-electron chi connectivity index (χ0n) is 13.7. The molecule has 0 atom stereocenters. The van der Waals surface area contributed by atoms with E-state index in [0.29, 0.717) is 0 Å². The predicted molar refractivity (Wildman–Crippen MR) is 85.3 cm³/mol. The summed E-state index contributed by atoms with van der Waals surface area (Å²) in [5.74, 6) is 2.94. The summed E-state index contributed by atoms with van der Waals surface area (Å²) >= 11 is 0. The minimum absolute atomic E-state index is 0.0487. The average Bonchev–Trinajstić information content (AvgIpc) is 2.53. The van der Waals surface area contributed by atoms with E-state index in [4.69, 9.17) is 0 Å². The Morgan fingerprint density at radius 2 is 1.55 bits per heavy atom. The molecule has 0 N–H and O–H groups in total. The zero-order valence-corrected chi connectivity index (χ0v) is 13.7. The van der Waals surface area contributed by atoms with Crippen molar-refractivity contribution >= 4 is 0 Å². The third-order valence-corrected chi connectivity index (χ3v) is 6.37. The van der Waals surface area contributed by atoms with E-state index >= 15 is 0 Å². The van der Waals surface area contributed by atoms with Gasteiger partial charge in [-0.05, 0) is 62.7 Å². The van der Waals surface area contributed by atoms with Gasteiger partial charge in [0, 0.05) is 0 Å². The van der Waals surface area contributed by atoms with Crippen LogP contribution in [0.3, 0.4) is 0 Å². The molecular weight excluding hydrogens is 242 g/mol. The average molecular weight is 275 g/mol. The summed E-state index contributed by atoms with van der Waals surface area (Å²) in [5, 5.41) is 9.58. The summed E-state index contributed by atoms with van der Waals surface area (Å²) in [6.07, 6.45) is 15.9. The van der Waals surface area contributed by atoms with Crippen molar-refractivity contribution < 1.29 is 0 Å². The fourth-order valence-electron chi connectivity index (χ4n) is 4.66. The minimum atomic E-state index is 0.0487. The molecule has 0 aliphatic heterocycles. The molecule has 0 radical (unpaired) electrons. The van der Waals surface area contributed by atoms with E-state index in [1.54, 1.807) is 0 Å². The number of rotatable bonds is 5. The van der Waals surface area contributed by atoms with Crippen LogP contribution in [-0.2, 0) is 0 Å². The van der Waals surface area contributed by atoms with Crippen LogP contribution in [0.1, 0.15) is 90.9 Å². The smallest absolute Gasteiger partial charge is 0.0689 e. The molecular formula is C19H33N. The molecule has 1 heteroatoms. The molecule has 0 heterocycles. The third kappa shape index (κ3) is 3.78. The second-order valence-electron chi connectivity index (χ2n) is 7.52. The molecule has 2 rings (SSSR count). The first-order valence-electron chi connectivity index (χ1n) is 9.14. The summed E-state index contributed by atoms with van der Waals surface area (Å²) in [6, 6.07) is 2.69. The van der Waals surface area contributed by atoms with Crippen molar-refractivity contribution in [3.63, 3.8) is 0 Å². The van der Waals surface area contributed by atoms with Crippen LogP contribution in [0.4, 0.5) is 0 Å². The Morgan fingerprint density at radius 3 is 2.05 bits per heavy atom. The molecule has 0 spiro atoms. The van der Waals surface area contributed by atoms with Gasteiger partial charge in [0.05, 0.1) is 11.5 Å². The van der Waals surface area contributed by atoms with E-state index in [2.05, 4.69) is 19.9 Å². The molecule has 2 aliphatic rings. The number of nitrogens with zero attached hydrogens (tertiary/aromatic N) is 1. The van der Waals surface area contributed by atoms with Crippen molar-refractivity contribution in [2.45, 2.75) is 90.9 Å². The van der Waals surface area contributed by atoms with Gasteiger partial charge >= 0.3 is 0 Å². The lowest BCUT2D eigenvalue weighted by Gasteiger charge is -2.40. The van der Waals surface area contributed by atoms with E-state index in [9.17, 15) is 5.26 Å². The Kier molecular flexibility index (Phi) is 5.94. The van der Waals surface area contributed by atoms with Crippen molar-refractivity contribution in [1.82, 2.24) is 0 Å². The van der Waals surface area contributed by atoms with Gasteiger partial charge in [0.25, 0.3) is 0 Å². The fourth-order valence-corrected chi connectivity index (χ4v) is 4.66. The molecule has 2 fully saturated rings. The molecule has 0 aromatic carbocycles. The van der Waals surface area contributed by atoms with E-state index in [-0.39, 0.29) is 5.41 Å². The highest BCUT2D eigenvalue weighted by Gasteiger charge is 2.38. The zero-order chi connectivity index (χ0) is 14.4. The maximum atomic E-state index is 9.58. The first-order chi connectivity index (χ1) is 9.73. The summed E-state index contributed by atoms with van der Waals surface area (Å²) < 4.78 is 0. The maximum absolute atomic E-state index is 9.58. The lowest BCUT2D eigenvalue weighted by Crippen LogP contribution is -2.31. The molecule has 0 bridgehead atoms. The van der Waals surface area contributed by atoms with Gasteiger partial charge in [0.2, 0.25) is 0 Å². The van der Waals surface area contributed by atoms with Crippen molar-refractivity contribution in [1.29, 1.82) is 5.26 Å². The van der Waals surface area contributed by atoms with Crippen LogP contribution in [-0.4, -0.2) is 0 Å². The molecule has 0 aromatic heterocycles. The fraction of sp³-hybridized carbons (Fsp3) is 0.947. The van der Waals surface area contributed by atoms with Gasteiger partial charge in [0.15, 0.2) is 0 Å². The van der Waals surface area contributed by atoms with E-state index in [1.165, 1.54) is 70.6 Å². The predicted octanol–water partition coefficient (Wildman–Crippen LogP) is 6.09. The molecule has 0 amide bonds. The molecule has 0 unspecified atom stereocenters. The second-order valence-corrected chi connectivity index (χ2v) is 7.52. The summed E-state index contributed by atoms with van der Waals surface area (Å²) in [7, 11) is 0. The van der Waals surface area contributed by atoms with Crippen molar-refractivity contribution in [2.24, 2.45) is 23.2 Å². The van der Waals surface area contributed by atoms with Gasteiger partial charge in [-0.15, -0.1) is 0 Å². The van der Waals surface area contributed by atoms with E-state index in [0.717, 1.165) is 24.2 Å². The summed E-state index contributed by atoms with van der Waals surface area (Å²) in [6.45, 7) is 4.59. The third-order valence-electron chi connectivity index (χ3n) is 6.37. The quantitative estimate of drug-likeness (QED) is 0.595. The van der Waals surface area contributed by atoms with Gasteiger partial charge in [-0.2, -0.15) is 5.26 Å². The number of hydrogen-bond donors (Lipinski definition) is 0. The monoisotopic (exact) mass is 275 g/mol. The van der Waals surface area contributed by atoms with Crippen LogP contribution in [0.25, 0.3) is 0 Å². The topological polar surface area (TPSA) is 23.8 Å². The highest BCUT2D eigenvalue weighted by Crippen LogP contribution is 2.47. The SMILES string of the molecule is CCCCC1(C#N)CCC(C2CCC(CC)CC2)CC1. The molecule has 114 valence electrons. The van der Waals surface area contributed by atoms with Crippen molar-refractivity contribution in [3.05, 3.63) is 0 Å². The molecule has 1 nitrogen and oxygen atoms in total. The highest BCUT2D eigenvalue weighted by molar-refractivity contribution is 5.02. The van der Waals surface area contributed by atoms with Gasteiger partial charge in [-0.3, -0.25) is 0 Å². The Bertz CT molecular complexity index is 311. The Balaban J connectivity index is 1.80. The van der Waals surface area contributed by atoms with Crippen LogP contribution in [0, 0.1) is 34.5 Å². The molecule has 0 saturated heterocycles. The number of hydrogen-bond acceptors (Lipinski definition) is 1. The first kappa shape index (κ1) is 15.9. The van der Waals surface area contributed by atoms with Crippen molar-refractivity contribution in [2.75, 3.05) is 0 Å². The minimum Gasteiger partial charge on any atom is -0.198 e. The highest BCUT2D eigenvalue weighted by atomic mass is 14.4. The van der Waals surface area contributed by atoms with Crippen LogP contribution >= 0.6 is 0 Å². The standard InChI is InChI=1S/C19H33N/c1-3-5-12-19(15-20)13-10-18(11-14-19)17-8-6-16(4-2)7-9-17/h16-18H,3-14H2,1-2H3. The summed E-state index contributed by atoms with van der Waals surface area (Å²) in [4.78, 5) is 0. The van der Waals surface area contributed by atoms with Crippen LogP contribution in [0.2, 0.25) is 0 Å². The van der Waals surface area contributed by atoms with Crippen molar-refractivity contribution in [3.8, 4) is 6.07 Å². The van der Waals surface area contributed by atoms with Gasteiger partial charge in [-0.1, -0.05) is 46.0 Å². The Labute approximate surface area is 126 Å². The van der Waals surface area contributed by atoms with Crippen LogP contribution < -0.4 is 0 Å². The normalized spacial score (nSPS) is 38.4. The summed E-state index contributed by atoms with van der Waals surface area (Å²) in [5.41, 5.74) is 0.0487. The number of unbranched alkanes of at least 4 members (excludes halogenated alkanes) is 1. The maximum Gasteiger partial charge on any atom is 0.0689 e. The van der Waals surface area contributed by atoms with E-state index in [1.807, 2.05) is 0 Å². The number of nitriles is 1. The Morgan fingerprint density at radius 1 is 0.950 bits per heavy atom. The second kappa shape index (κ2) is 7.48. The lowest BCUT2D eigenvalue weighted by molar-refractivity contribution is 0.116. The van der Waals surface area contributed by atoms with Crippen LogP contribution in [0.15, 0.2) is 0 Å². The van der Waals surface area contributed by atoms with Gasteiger partial charge in [-0.25, -0.2) is 0 Å².